The highest BCUT2D eigenvalue weighted by Gasteiger charge is 2.13. The molecule has 1 N–H and O–H groups in total. The van der Waals surface area contributed by atoms with Crippen LogP contribution < -0.4 is 0 Å². The number of pyridine rings is 1. The van der Waals surface area contributed by atoms with E-state index in [0.717, 1.165) is 17.8 Å². The van der Waals surface area contributed by atoms with E-state index in [1.807, 2.05) is 0 Å². The summed E-state index contributed by atoms with van der Waals surface area (Å²) in [7, 11) is 0. The maximum absolute atomic E-state index is 13.4. The molecule has 88 valence electrons. The van der Waals surface area contributed by atoms with Crippen LogP contribution in [0.4, 0.5) is 4.39 Å². The first-order chi connectivity index (χ1) is 8.06. The number of nitrogens with zero attached hydrogens (tertiary/aromatic N) is 1. The van der Waals surface area contributed by atoms with Crippen molar-refractivity contribution in [3.8, 4) is 0 Å². The third-order valence-corrected chi connectivity index (χ3v) is 2.88. The minimum Gasteiger partial charge on any atom is -0.475 e. The molecule has 2 rings (SSSR count). The first-order valence-electron chi connectivity index (χ1n) is 4.38. The molecule has 0 unspecified atom stereocenters. The van der Waals surface area contributed by atoms with Gasteiger partial charge in [0, 0.05) is 6.20 Å². The van der Waals surface area contributed by atoms with Gasteiger partial charge >= 0.3 is 5.97 Å². The Morgan fingerprint density at radius 2 is 2.29 bits per heavy atom. The fourth-order valence-corrected chi connectivity index (χ4v) is 1.93. The van der Waals surface area contributed by atoms with Crippen LogP contribution in [0.15, 0.2) is 38.9 Å². The van der Waals surface area contributed by atoms with Crippen molar-refractivity contribution in [1.82, 2.24) is 4.98 Å². The van der Waals surface area contributed by atoms with Crippen molar-refractivity contribution in [2.24, 2.45) is 0 Å². The largest absolute Gasteiger partial charge is 0.475 e. The standard InChI is InChI=1S/C10H5ClFNO3S/c11-5-3-6(12)9(13-4-5)17-8-2-1-7(16-8)10(14)15/h1-4H,(H,14,15). The van der Waals surface area contributed by atoms with Gasteiger partial charge in [-0.1, -0.05) is 11.6 Å². The van der Waals surface area contributed by atoms with Crippen LogP contribution in [-0.2, 0) is 0 Å². The van der Waals surface area contributed by atoms with Crippen molar-refractivity contribution in [3.63, 3.8) is 0 Å². The van der Waals surface area contributed by atoms with Gasteiger partial charge in [0.15, 0.2) is 10.9 Å². The quantitative estimate of drug-likeness (QED) is 0.929. The average Bonchev–Trinajstić information content (AvgIpc) is 2.71. The Bertz CT molecular complexity index is 572. The SMILES string of the molecule is O=C(O)c1ccc(Sc2ncc(Cl)cc2F)o1. The van der Waals surface area contributed by atoms with Gasteiger partial charge in [0.2, 0.25) is 5.76 Å². The van der Waals surface area contributed by atoms with E-state index in [-0.39, 0.29) is 20.9 Å². The highest BCUT2D eigenvalue weighted by molar-refractivity contribution is 7.99. The highest BCUT2D eigenvalue weighted by atomic mass is 35.5. The molecule has 0 atom stereocenters. The fourth-order valence-electron chi connectivity index (χ4n) is 1.06. The lowest BCUT2D eigenvalue weighted by Gasteiger charge is -1.99. The lowest BCUT2D eigenvalue weighted by atomic mass is 10.5. The Hall–Kier alpha value is -1.53. The van der Waals surface area contributed by atoms with Gasteiger partial charge < -0.3 is 9.52 Å². The van der Waals surface area contributed by atoms with E-state index in [0.29, 0.717) is 0 Å². The molecule has 0 fully saturated rings. The number of halogens is 2. The lowest BCUT2D eigenvalue weighted by molar-refractivity contribution is 0.0656. The summed E-state index contributed by atoms with van der Waals surface area (Å²) < 4.78 is 18.3. The summed E-state index contributed by atoms with van der Waals surface area (Å²) in [6.45, 7) is 0. The molecule has 7 heteroatoms. The fraction of sp³-hybridized carbons (Fsp3) is 0. The van der Waals surface area contributed by atoms with Crippen molar-refractivity contribution in [2.75, 3.05) is 0 Å². The average molecular weight is 274 g/mol. The molecule has 0 saturated carbocycles. The summed E-state index contributed by atoms with van der Waals surface area (Å²) in [5.41, 5.74) is 0. The van der Waals surface area contributed by atoms with Gasteiger partial charge in [0.25, 0.3) is 0 Å². The maximum atomic E-state index is 13.4. The third-order valence-electron chi connectivity index (χ3n) is 1.76. The van der Waals surface area contributed by atoms with Crippen molar-refractivity contribution in [2.45, 2.75) is 10.1 Å². The molecular formula is C10H5ClFNO3S. The highest BCUT2D eigenvalue weighted by Crippen LogP contribution is 2.30. The Labute approximate surface area is 104 Å². The second-order valence-corrected chi connectivity index (χ2v) is 4.40. The van der Waals surface area contributed by atoms with E-state index in [2.05, 4.69) is 4.98 Å². The molecule has 2 aromatic heterocycles. The zero-order valence-electron chi connectivity index (χ0n) is 8.18. The monoisotopic (exact) mass is 273 g/mol. The number of carboxylic acid groups (broad SMARTS) is 1. The van der Waals surface area contributed by atoms with Crippen LogP contribution in [-0.4, -0.2) is 16.1 Å². The summed E-state index contributed by atoms with van der Waals surface area (Å²) in [4.78, 5) is 14.3. The van der Waals surface area contributed by atoms with Crippen molar-refractivity contribution in [3.05, 3.63) is 41.0 Å². The lowest BCUT2D eigenvalue weighted by Crippen LogP contribution is -1.91. The van der Waals surface area contributed by atoms with Crippen LogP contribution in [0, 0.1) is 5.82 Å². The van der Waals surface area contributed by atoms with Crippen LogP contribution in [0.5, 0.6) is 0 Å². The molecule has 0 spiro atoms. The number of hydrogen-bond donors (Lipinski definition) is 1. The topological polar surface area (TPSA) is 63.3 Å². The van der Waals surface area contributed by atoms with E-state index < -0.39 is 11.8 Å². The van der Waals surface area contributed by atoms with E-state index in [1.54, 1.807) is 0 Å². The predicted molar refractivity (Wildman–Crippen MR) is 59.0 cm³/mol. The Morgan fingerprint density at radius 1 is 1.53 bits per heavy atom. The van der Waals surface area contributed by atoms with Crippen molar-refractivity contribution < 1.29 is 18.7 Å². The second-order valence-electron chi connectivity index (χ2n) is 2.97. The van der Waals surface area contributed by atoms with E-state index in [4.69, 9.17) is 21.1 Å². The molecule has 0 aliphatic rings. The number of hydrogen-bond acceptors (Lipinski definition) is 4. The summed E-state index contributed by atoms with van der Waals surface area (Å²) in [5, 5.41) is 9.15. The van der Waals surface area contributed by atoms with Gasteiger partial charge in [-0.15, -0.1) is 0 Å². The molecule has 0 aliphatic heterocycles. The number of carbonyl (C=O) groups is 1. The normalized spacial score (nSPS) is 10.5. The Kier molecular flexibility index (Phi) is 3.35. The Balaban J connectivity index is 2.22. The predicted octanol–water partition coefficient (Wildman–Crippen LogP) is 3.32. The molecule has 4 nitrogen and oxygen atoms in total. The van der Waals surface area contributed by atoms with Crippen LogP contribution in [0.1, 0.15) is 10.6 Å². The molecule has 0 radical (unpaired) electrons. The number of aromatic nitrogens is 1. The van der Waals surface area contributed by atoms with Gasteiger partial charge in [0.1, 0.15) is 5.03 Å². The minimum absolute atomic E-state index is 0.0701. The van der Waals surface area contributed by atoms with Gasteiger partial charge in [0.05, 0.1) is 5.02 Å². The van der Waals surface area contributed by atoms with E-state index in [9.17, 15) is 9.18 Å². The molecular weight excluding hydrogens is 269 g/mol. The zero-order valence-corrected chi connectivity index (χ0v) is 9.76. The van der Waals surface area contributed by atoms with E-state index >= 15 is 0 Å². The maximum Gasteiger partial charge on any atom is 0.371 e. The summed E-state index contributed by atoms with van der Waals surface area (Å²) in [5.74, 6) is -1.97. The van der Waals surface area contributed by atoms with Crippen molar-refractivity contribution in [1.29, 1.82) is 0 Å². The van der Waals surface area contributed by atoms with E-state index in [1.165, 1.54) is 18.3 Å². The van der Waals surface area contributed by atoms with Gasteiger partial charge in [-0.05, 0) is 30.0 Å². The smallest absolute Gasteiger partial charge is 0.371 e. The molecule has 0 bridgehead atoms. The minimum atomic E-state index is -1.18. The number of rotatable bonds is 3. The second kappa shape index (κ2) is 4.77. The Morgan fingerprint density at radius 3 is 2.88 bits per heavy atom. The van der Waals surface area contributed by atoms with Crippen LogP contribution >= 0.6 is 23.4 Å². The first kappa shape index (κ1) is 11.9. The molecule has 2 heterocycles. The van der Waals surface area contributed by atoms with Crippen LogP contribution in [0.25, 0.3) is 0 Å². The molecule has 2 aromatic rings. The number of aromatic carboxylic acids is 1. The van der Waals surface area contributed by atoms with Gasteiger partial charge in [-0.3, -0.25) is 0 Å². The molecule has 17 heavy (non-hydrogen) atoms. The number of carboxylic acids is 1. The first-order valence-corrected chi connectivity index (χ1v) is 5.58. The molecule has 0 saturated heterocycles. The molecule has 0 amide bonds. The summed E-state index contributed by atoms with van der Waals surface area (Å²) in [6.07, 6.45) is 1.30. The summed E-state index contributed by atoms with van der Waals surface area (Å²) in [6, 6.07) is 3.85. The zero-order chi connectivity index (χ0) is 12.4. The van der Waals surface area contributed by atoms with Crippen LogP contribution in [0.2, 0.25) is 5.02 Å². The molecule has 0 aliphatic carbocycles. The third kappa shape index (κ3) is 2.78. The molecule has 0 aromatic carbocycles. The summed E-state index contributed by atoms with van der Waals surface area (Å²) >= 11 is 6.44. The van der Waals surface area contributed by atoms with Crippen molar-refractivity contribution >= 4 is 29.3 Å². The number of furan rings is 1. The van der Waals surface area contributed by atoms with Crippen LogP contribution in [0.3, 0.4) is 0 Å². The van der Waals surface area contributed by atoms with Gasteiger partial charge in [-0.2, -0.15) is 0 Å². The van der Waals surface area contributed by atoms with Gasteiger partial charge in [-0.25, -0.2) is 14.2 Å².